The molecule has 0 spiro atoms. The van der Waals surface area contributed by atoms with E-state index < -0.39 is 53.5 Å². The number of para-hydroxylation sites is 1. The van der Waals surface area contributed by atoms with Crippen LogP contribution in [-0.4, -0.2) is 65.9 Å². The third kappa shape index (κ3) is 11.2. The number of nitrogens with zero attached hydrogens (tertiary/aromatic N) is 3. The number of azide groups is 1. The molecule has 0 amide bonds. The van der Waals surface area contributed by atoms with Gasteiger partial charge >= 0.3 is 11.9 Å². The van der Waals surface area contributed by atoms with E-state index in [1.165, 1.54) is 0 Å². The molecule has 55 heavy (non-hydrogen) atoms. The summed E-state index contributed by atoms with van der Waals surface area (Å²) in [6.07, 6.45) is 4.09. The molecule has 2 N–H and O–H groups in total. The number of ether oxygens (including phenoxy) is 4. The van der Waals surface area contributed by atoms with Crippen LogP contribution >= 0.6 is 0 Å². The van der Waals surface area contributed by atoms with Crippen molar-refractivity contribution < 1.29 is 33.6 Å². The van der Waals surface area contributed by atoms with Crippen molar-refractivity contribution in [3.63, 3.8) is 0 Å². The van der Waals surface area contributed by atoms with Gasteiger partial charge in [-0.05, 0) is 88.1 Å². The topological polar surface area (TPSA) is 156 Å². The molecule has 5 rings (SSSR count). The van der Waals surface area contributed by atoms with Crippen LogP contribution in [0, 0.1) is 10.8 Å². The molecule has 2 heterocycles. The van der Waals surface area contributed by atoms with E-state index in [4.69, 9.17) is 24.5 Å². The van der Waals surface area contributed by atoms with Crippen molar-refractivity contribution in [1.82, 2.24) is 4.98 Å². The fraction of sp³-hybridized carbons (Fsp3) is 0.500. The van der Waals surface area contributed by atoms with Gasteiger partial charge in [-0.2, -0.15) is 0 Å². The quantitative estimate of drug-likeness (QED) is 0.0300. The molecular formula is C44H56N4O7. The largest absolute Gasteiger partial charge is 0.459 e. The summed E-state index contributed by atoms with van der Waals surface area (Å²) in [4.78, 5) is 34.3. The maximum atomic E-state index is 14.2. The van der Waals surface area contributed by atoms with Crippen LogP contribution in [0.5, 0.6) is 0 Å². The number of hydrogen-bond acceptors (Lipinski definition) is 8. The maximum Gasteiger partial charge on any atom is 0.312 e. The summed E-state index contributed by atoms with van der Waals surface area (Å²) in [5.41, 5.74) is 10.9. The van der Waals surface area contributed by atoms with Crippen LogP contribution in [-0.2, 0) is 47.8 Å². The Morgan fingerprint density at radius 1 is 0.873 bits per heavy atom. The Morgan fingerprint density at radius 3 is 2.11 bits per heavy atom. The first-order chi connectivity index (χ1) is 26.5. The van der Waals surface area contributed by atoms with Gasteiger partial charge in [0.25, 0.3) is 0 Å². The molecule has 0 aliphatic carbocycles. The molecule has 11 nitrogen and oxygen atoms in total. The smallest absolute Gasteiger partial charge is 0.312 e. The molecule has 0 unspecified atom stereocenters. The fourth-order valence-electron chi connectivity index (χ4n) is 7.30. The molecule has 0 radical (unpaired) electrons. The van der Waals surface area contributed by atoms with Gasteiger partial charge in [0.1, 0.15) is 12.2 Å². The first-order valence-electron chi connectivity index (χ1n) is 19.4. The van der Waals surface area contributed by atoms with Crippen LogP contribution in [0.15, 0.2) is 96.2 Å². The number of esters is 2. The first kappa shape index (κ1) is 41.5. The lowest BCUT2D eigenvalue weighted by atomic mass is 9.84. The second-order valence-electron chi connectivity index (χ2n) is 15.9. The molecule has 4 aromatic rings. The van der Waals surface area contributed by atoms with Crippen LogP contribution in [0.2, 0.25) is 0 Å². The zero-order valence-corrected chi connectivity index (χ0v) is 32.6. The molecule has 1 saturated heterocycles. The molecule has 0 bridgehead atoms. The Labute approximate surface area is 324 Å². The Bertz CT molecular complexity index is 1870. The van der Waals surface area contributed by atoms with E-state index in [-0.39, 0.29) is 6.42 Å². The summed E-state index contributed by atoms with van der Waals surface area (Å²) in [5.74, 6) is -2.33. The number of benzene rings is 3. The summed E-state index contributed by atoms with van der Waals surface area (Å²) in [6, 6.07) is 27.6. The average molecular weight is 753 g/mol. The number of rotatable bonds is 20. The first-order valence-corrected chi connectivity index (χ1v) is 19.4. The summed E-state index contributed by atoms with van der Waals surface area (Å²) in [6.45, 7) is 7.69. The molecule has 1 aromatic heterocycles. The number of hydrogen-bond donors (Lipinski definition) is 2. The number of carbonyl (C=O) groups is 2. The van der Waals surface area contributed by atoms with Gasteiger partial charge in [0.15, 0.2) is 6.10 Å². The van der Waals surface area contributed by atoms with E-state index in [9.17, 15) is 14.7 Å². The molecule has 4 atom stereocenters. The van der Waals surface area contributed by atoms with Crippen molar-refractivity contribution in [3.05, 3.63) is 118 Å². The molecule has 3 aromatic carbocycles. The normalized spacial score (nSPS) is 20.1. The standard InChI is InChI=1S/C44H56N4O7/c1-42(2,28-32-17-9-7-10-18-32)40(50)53-37-27-39(54-41(51)43(3,4)29-33-19-11-8-12-20-33)44(55-38(37)31-49,52-26-16-6-5-15-25-47-48-45)24-23-34-30-46-36-22-14-13-21-35(34)36/h7-14,17-22,30,37-39,46,49H,5-6,15-16,23-29,31H2,1-4H3/t37-,38+,39+,44+/m0/s1. The minimum Gasteiger partial charge on any atom is -0.459 e. The number of carbonyl (C=O) groups excluding carboxylic acids is 2. The van der Waals surface area contributed by atoms with Gasteiger partial charge in [-0.1, -0.05) is 96.8 Å². The van der Waals surface area contributed by atoms with E-state index in [1.807, 2.05) is 113 Å². The monoisotopic (exact) mass is 752 g/mol. The molecular weight excluding hydrogens is 697 g/mol. The Kier molecular flexibility index (Phi) is 14.5. The lowest BCUT2D eigenvalue weighted by Crippen LogP contribution is -2.61. The van der Waals surface area contributed by atoms with Crippen molar-refractivity contribution in [2.24, 2.45) is 15.9 Å². The third-order valence-corrected chi connectivity index (χ3v) is 10.5. The Hall–Kier alpha value is -4.67. The van der Waals surface area contributed by atoms with E-state index >= 15 is 0 Å². The number of aromatic nitrogens is 1. The van der Waals surface area contributed by atoms with Crippen molar-refractivity contribution >= 4 is 22.8 Å². The van der Waals surface area contributed by atoms with Crippen LogP contribution < -0.4 is 0 Å². The minimum absolute atomic E-state index is 0.0750. The van der Waals surface area contributed by atoms with Crippen LogP contribution in [0.3, 0.4) is 0 Å². The average Bonchev–Trinajstić information content (AvgIpc) is 3.59. The highest BCUT2D eigenvalue weighted by molar-refractivity contribution is 5.83. The third-order valence-electron chi connectivity index (χ3n) is 10.5. The zero-order valence-electron chi connectivity index (χ0n) is 32.6. The van der Waals surface area contributed by atoms with Crippen LogP contribution in [0.4, 0.5) is 0 Å². The predicted molar refractivity (Wildman–Crippen MR) is 212 cm³/mol. The molecule has 1 aliphatic rings. The van der Waals surface area contributed by atoms with Crippen molar-refractivity contribution in [2.45, 2.75) is 110 Å². The Balaban J connectivity index is 1.44. The number of aryl methyl sites for hydroxylation is 1. The maximum absolute atomic E-state index is 14.2. The molecule has 1 fully saturated rings. The van der Waals surface area contributed by atoms with E-state index in [1.54, 1.807) is 0 Å². The van der Waals surface area contributed by atoms with E-state index in [0.717, 1.165) is 46.9 Å². The zero-order chi connectivity index (χ0) is 39.3. The molecule has 294 valence electrons. The number of fused-ring (bicyclic) bond motifs is 1. The molecule has 11 heteroatoms. The second kappa shape index (κ2) is 19.3. The number of unbranched alkanes of at least 4 members (excludes halogenated alkanes) is 3. The lowest BCUT2D eigenvalue weighted by molar-refractivity contribution is -0.347. The predicted octanol–water partition coefficient (Wildman–Crippen LogP) is 8.83. The van der Waals surface area contributed by atoms with Gasteiger partial charge in [-0.25, -0.2) is 0 Å². The number of aliphatic hydroxyl groups excluding tert-OH is 1. The van der Waals surface area contributed by atoms with Gasteiger partial charge in [0.05, 0.1) is 24.0 Å². The SMILES string of the molecule is CC(C)(Cc1ccccc1)C(=O)O[C@H]1C[C@@H](OC(=O)C(C)(C)Cc2ccccc2)[C@](CCc2c[nH]c3ccccc23)(OCCCCCCN=[N+]=[N-])O[C@@H]1CO. The van der Waals surface area contributed by atoms with Gasteiger partial charge in [-0.3, -0.25) is 9.59 Å². The van der Waals surface area contributed by atoms with Crippen LogP contribution in [0.25, 0.3) is 21.3 Å². The highest BCUT2D eigenvalue weighted by atomic mass is 16.7. The summed E-state index contributed by atoms with van der Waals surface area (Å²) in [7, 11) is 0. The lowest BCUT2D eigenvalue weighted by Gasteiger charge is -2.48. The number of H-pyrrole nitrogens is 1. The van der Waals surface area contributed by atoms with Crippen molar-refractivity contribution in [1.29, 1.82) is 0 Å². The highest BCUT2D eigenvalue weighted by Gasteiger charge is 2.54. The minimum atomic E-state index is -1.46. The van der Waals surface area contributed by atoms with Gasteiger partial charge in [-0.15, -0.1) is 0 Å². The number of aliphatic hydroxyl groups is 1. The highest BCUT2D eigenvalue weighted by Crippen LogP contribution is 2.41. The van der Waals surface area contributed by atoms with Gasteiger partial charge in [0.2, 0.25) is 5.79 Å². The second-order valence-corrected chi connectivity index (χ2v) is 15.9. The Morgan fingerprint density at radius 2 is 1.47 bits per heavy atom. The molecule has 1 aliphatic heterocycles. The van der Waals surface area contributed by atoms with Gasteiger partial charge < -0.3 is 29.0 Å². The fourth-order valence-corrected chi connectivity index (χ4v) is 7.30. The summed E-state index contributed by atoms with van der Waals surface area (Å²) in [5, 5.41) is 15.5. The van der Waals surface area contributed by atoms with Gasteiger partial charge in [0, 0.05) is 41.4 Å². The van der Waals surface area contributed by atoms with Crippen molar-refractivity contribution in [2.75, 3.05) is 19.8 Å². The molecule has 0 saturated carbocycles. The number of aromatic amines is 1. The van der Waals surface area contributed by atoms with E-state index in [2.05, 4.69) is 21.1 Å². The van der Waals surface area contributed by atoms with Crippen molar-refractivity contribution in [3.8, 4) is 0 Å². The van der Waals surface area contributed by atoms with E-state index in [0.29, 0.717) is 45.3 Å². The number of nitrogens with one attached hydrogen (secondary N) is 1. The van der Waals surface area contributed by atoms with Crippen LogP contribution in [0.1, 0.15) is 82.9 Å². The summed E-state index contributed by atoms with van der Waals surface area (Å²) >= 11 is 0. The summed E-state index contributed by atoms with van der Waals surface area (Å²) < 4.78 is 26.2.